The number of morpholine rings is 1. The van der Waals surface area contributed by atoms with Gasteiger partial charge in [-0.05, 0) is 56.5 Å². The SMILES string of the molecule is Cc1ccc(NC(=O)N(CCCN2CCOCC2)CC(=O)N(Cc2ccccc2)Cc2ccc(C)o2)c(C)c1. The quantitative estimate of drug-likeness (QED) is 0.377. The average molecular weight is 533 g/mol. The first kappa shape index (κ1) is 28.4. The highest BCUT2D eigenvalue weighted by atomic mass is 16.5. The van der Waals surface area contributed by atoms with Crippen molar-refractivity contribution in [2.24, 2.45) is 0 Å². The van der Waals surface area contributed by atoms with Crippen LogP contribution in [-0.4, -0.2) is 72.6 Å². The molecule has 1 saturated heterocycles. The Morgan fingerprint density at radius 2 is 1.69 bits per heavy atom. The molecular formula is C31H40N4O4. The Labute approximate surface area is 231 Å². The molecule has 0 bridgehead atoms. The lowest BCUT2D eigenvalue weighted by molar-refractivity contribution is -0.133. The number of urea groups is 1. The van der Waals surface area contributed by atoms with Crippen molar-refractivity contribution < 1.29 is 18.7 Å². The minimum absolute atomic E-state index is 0.0215. The maximum atomic E-state index is 13.7. The Morgan fingerprint density at radius 3 is 2.38 bits per heavy atom. The van der Waals surface area contributed by atoms with Crippen molar-refractivity contribution in [3.05, 3.63) is 88.9 Å². The first-order chi connectivity index (χ1) is 18.9. The Bertz CT molecular complexity index is 1220. The fourth-order valence-corrected chi connectivity index (χ4v) is 4.77. The monoisotopic (exact) mass is 532 g/mol. The maximum absolute atomic E-state index is 13.7. The van der Waals surface area contributed by atoms with E-state index < -0.39 is 0 Å². The van der Waals surface area contributed by atoms with Crippen LogP contribution in [0.1, 0.15) is 34.6 Å². The molecule has 39 heavy (non-hydrogen) atoms. The van der Waals surface area contributed by atoms with E-state index in [4.69, 9.17) is 9.15 Å². The number of nitrogens with one attached hydrogen (secondary N) is 1. The van der Waals surface area contributed by atoms with Crippen LogP contribution in [0.25, 0.3) is 0 Å². The van der Waals surface area contributed by atoms with Crippen LogP contribution in [-0.2, 0) is 22.6 Å². The van der Waals surface area contributed by atoms with Gasteiger partial charge in [-0.2, -0.15) is 0 Å². The topological polar surface area (TPSA) is 78.3 Å². The number of benzene rings is 2. The average Bonchev–Trinajstić information content (AvgIpc) is 3.34. The number of ether oxygens (including phenoxy) is 1. The van der Waals surface area contributed by atoms with Gasteiger partial charge >= 0.3 is 6.03 Å². The molecule has 1 aliphatic rings. The van der Waals surface area contributed by atoms with Crippen LogP contribution in [0.3, 0.4) is 0 Å². The lowest BCUT2D eigenvalue weighted by Gasteiger charge is -2.30. The fraction of sp³-hybridized carbons (Fsp3) is 0.419. The molecule has 208 valence electrons. The van der Waals surface area contributed by atoms with E-state index in [0.717, 1.165) is 73.2 Å². The van der Waals surface area contributed by atoms with E-state index in [1.807, 2.05) is 81.4 Å². The van der Waals surface area contributed by atoms with Crippen LogP contribution in [0.5, 0.6) is 0 Å². The summed E-state index contributed by atoms with van der Waals surface area (Å²) >= 11 is 0. The summed E-state index contributed by atoms with van der Waals surface area (Å²) < 4.78 is 11.2. The van der Waals surface area contributed by atoms with Gasteiger partial charge in [0.2, 0.25) is 5.91 Å². The highest BCUT2D eigenvalue weighted by molar-refractivity contribution is 5.93. The van der Waals surface area contributed by atoms with E-state index in [2.05, 4.69) is 10.2 Å². The molecule has 8 nitrogen and oxygen atoms in total. The molecule has 4 rings (SSSR count). The molecule has 1 aliphatic heterocycles. The number of carbonyl (C=O) groups excluding carboxylic acids is 2. The second-order valence-electron chi connectivity index (χ2n) is 10.2. The Hall–Kier alpha value is -3.62. The second-order valence-corrected chi connectivity index (χ2v) is 10.2. The van der Waals surface area contributed by atoms with Gasteiger partial charge in [0.1, 0.15) is 18.1 Å². The highest BCUT2D eigenvalue weighted by Gasteiger charge is 2.23. The van der Waals surface area contributed by atoms with E-state index in [1.54, 1.807) is 9.80 Å². The summed E-state index contributed by atoms with van der Waals surface area (Å²) in [6, 6.07) is 19.3. The number of nitrogens with zero attached hydrogens (tertiary/aromatic N) is 3. The van der Waals surface area contributed by atoms with Gasteiger partial charge in [-0.25, -0.2) is 4.79 Å². The van der Waals surface area contributed by atoms with Crippen LogP contribution in [0.15, 0.2) is 65.1 Å². The smallest absolute Gasteiger partial charge is 0.322 e. The van der Waals surface area contributed by atoms with Gasteiger partial charge in [0.15, 0.2) is 0 Å². The Balaban J connectivity index is 1.48. The number of amides is 3. The zero-order valence-electron chi connectivity index (χ0n) is 23.3. The van der Waals surface area contributed by atoms with E-state index in [9.17, 15) is 9.59 Å². The van der Waals surface area contributed by atoms with E-state index in [0.29, 0.717) is 19.6 Å². The number of hydrogen-bond acceptors (Lipinski definition) is 5. The largest absolute Gasteiger partial charge is 0.464 e. The number of hydrogen-bond donors (Lipinski definition) is 1. The zero-order valence-corrected chi connectivity index (χ0v) is 23.3. The number of rotatable bonds is 11. The van der Waals surface area contributed by atoms with Crippen LogP contribution in [0.4, 0.5) is 10.5 Å². The van der Waals surface area contributed by atoms with E-state index in [-0.39, 0.29) is 18.5 Å². The number of anilines is 1. The van der Waals surface area contributed by atoms with E-state index in [1.165, 1.54) is 0 Å². The van der Waals surface area contributed by atoms with E-state index >= 15 is 0 Å². The predicted octanol–water partition coefficient (Wildman–Crippen LogP) is 4.99. The van der Waals surface area contributed by atoms with Gasteiger partial charge in [0.25, 0.3) is 0 Å². The zero-order chi connectivity index (χ0) is 27.6. The third kappa shape index (κ3) is 8.70. The maximum Gasteiger partial charge on any atom is 0.322 e. The lowest BCUT2D eigenvalue weighted by atomic mass is 10.1. The standard InChI is InChI=1S/C31H40N4O4/c1-24-10-13-29(25(2)20-24)32-31(37)34(15-7-14-33-16-18-38-19-17-33)23-30(36)35(21-27-8-5-4-6-9-27)22-28-12-11-26(3)39-28/h4-6,8-13,20H,7,14-19,21-23H2,1-3H3,(H,32,37). The number of aryl methyl sites for hydroxylation is 3. The first-order valence-electron chi connectivity index (χ1n) is 13.7. The number of carbonyl (C=O) groups is 2. The van der Waals surface area contributed by atoms with Crippen molar-refractivity contribution in [3.63, 3.8) is 0 Å². The normalized spacial score (nSPS) is 13.7. The summed E-state index contributed by atoms with van der Waals surface area (Å²) in [5, 5.41) is 3.04. The molecule has 1 fully saturated rings. The molecule has 0 aliphatic carbocycles. The number of furan rings is 1. The molecule has 1 N–H and O–H groups in total. The minimum Gasteiger partial charge on any atom is -0.464 e. The first-order valence-corrected chi connectivity index (χ1v) is 13.7. The van der Waals surface area contributed by atoms with Gasteiger partial charge in [-0.3, -0.25) is 9.69 Å². The molecular weight excluding hydrogens is 492 g/mol. The molecule has 3 amide bonds. The van der Waals surface area contributed by atoms with Crippen molar-refractivity contribution in [2.45, 2.75) is 40.3 Å². The third-order valence-corrected chi connectivity index (χ3v) is 6.95. The van der Waals surface area contributed by atoms with Crippen LogP contribution >= 0.6 is 0 Å². The lowest BCUT2D eigenvalue weighted by Crippen LogP contribution is -2.45. The van der Waals surface area contributed by atoms with Gasteiger partial charge in [-0.15, -0.1) is 0 Å². The Kier molecular flexibility index (Phi) is 10.2. The third-order valence-electron chi connectivity index (χ3n) is 6.95. The molecule has 0 saturated carbocycles. The molecule has 0 radical (unpaired) electrons. The van der Waals surface area contributed by atoms with Crippen molar-refractivity contribution in [1.29, 1.82) is 0 Å². The molecule has 1 aromatic heterocycles. The molecule has 8 heteroatoms. The summed E-state index contributed by atoms with van der Waals surface area (Å²) in [5.74, 6) is 1.39. The van der Waals surface area contributed by atoms with Crippen LogP contribution < -0.4 is 5.32 Å². The Morgan fingerprint density at radius 1 is 0.923 bits per heavy atom. The van der Waals surface area contributed by atoms with Gasteiger partial charge < -0.3 is 24.3 Å². The second kappa shape index (κ2) is 14.0. The summed E-state index contributed by atoms with van der Waals surface area (Å²) in [4.78, 5) is 33.0. The van der Waals surface area contributed by atoms with Crippen molar-refractivity contribution >= 4 is 17.6 Å². The van der Waals surface area contributed by atoms with Crippen molar-refractivity contribution in [2.75, 3.05) is 51.3 Å². The van der Waals surface area contributed by atoms with Crippen LogP contribution in [0, 0.1) is 20.8 Å². The van der Waals surface area contributed by atoms with Crippen molar-refractivity contribution in [1.82, 2.24) is 14.7 Å². The van der Waals surface area contributed by atoms with Crippen molar-refractivity contribution in [3.8, 4) is 0 Å². The highest BCUT2D eigenvalue weighted by Crippen LogP contribution is 2.18. The fourth-order valence-electron chi connectivity index (χ4n) is 4.77. The summed E-state index contributed by atoms with van der Waals surface area (Å²) in [6.45, 7) is 11.2. The molecule has 2 heterocycles. The molecule has 2 aromatic carbocycles. The molecule has 3 aromatic rings. The summed E-state index contributed by atoms with van der Waals surface area (Å²) in [7, 11) is 0. The predicted molar refractivity (Wildman–Crippen MR) is 153 cm³/mol. The summed E-state index contributed by atoms with van der Waals surface area (Å²) in [6.07, 6.45) is 0.768. The molecule has 0 spiro atoms. The summed E-state index contributed by atoms with van der Waals surface area (Å²) in [5.41, 5.74) is 3.89. The molecule has 0 unspecified atom stereocenters. The molecule has 0 atom stereocenters. The van der Waals surface area contributed by atoms with Gasteiger partial charge in [0, 0.05) is 38.4 Å². The van der Waals surface area contributed by atoms with Crippen LogP contribution in [0.2, 0.25) is 0 Å². The van der Waals surface area contributed by atoms with Gasteiger partial charge in [-0.1, -0.05) is 48.0 Å². The minimum atomic E-state index is -0.272. The van der Waals surface area contributed by atoms with Gasteiger partial charge in [0.05, 0.1) is 19.8 Å².